The van der Waals surface area contributed by atoms with Crippen LogP contribution in [0.15, 0.2) is 42.5 Å². The lowest BCUT2D eigenvalue weighted by Crippen LogP contribution is -2.36. The molecule has 0 bridgehead atoms. The molecule has 0 radical (unpaired) electrons. The van der Waals surface area contributed by atoms with Gasteiger partial charge < -0.3 is 15.4 Å². The summed E-state index contributed by atoms with van der Waals surface area (Å²) in [5.41, 5.74) is 4.50. The summed E-state index contributed by atoms with van der Waals surface area (Å²) in [7, 11) is 0. The summed E-state index contributed by atoms with van der Waals surface area (Å²) < 4.78 is 5.43. The van der Waals surface area contributed by atoms with E-state index in [9.17, 15) is 0 Å². The van der Waals surface area contributed by atoms with Crippen molar-refractivity contribution in [1.29, 1.82) is 0 Å². The minimum absolute atomic E-state index is 0.594. The second kappa shape index (κ2) is 9.33. The van der Waals surface area contributed by atoms with Crippen LogP contribution < -0.4 is 10.6 Å². The molecule has 0 aliphatic carbocycles. The van der Waals surface area contributed by atoms with Crippen LogP contribution in [0.25, 0.3) is 0 Å². The van der Waals surface area contributed by atoms with Crippen LogP contribution in [0.4, 0.5) is 5.69 Å². The van der Waals surface area contributed by atoms with E-state index >= 15 is 0 Å². The lowest BCUT2D eigenvalue weighted by molar-refractivity contribution is 0.0341. The van der Waals surface area contributed by atoms with Gasteiger partial charge >= 0.3 is 0 Å². The molecule has 3 rings (SSSR count). The van der Waals surface area contributed by atoms with Gasteiger partial charge in [-0.15, -0.1) is 0 Å². The van der Waals surface area contributed by atoms with Crippen LogP contribution in [-0.4, -0.2) is 36.3 Å². The molecular formula is C20H24ClN3OS. The normalized spacial score (nSPS) is 14.8. The molecule has 0 unspecified atom stereocenters. The molecule has 138 valence electrons. The maximum atomic E-state index is 6.17. The van der Waals surface area contributed by atoms with E-state index in [-0.39, 0.29) is 0 Å². The van der Waals surface area contributed by atoms with E-state index in [2.05, 4.69) is 39.8 Å². The van der Waals surface area contributed by atoms with Gasteiger partial charge in [0, 0.05) is 36.9 Å². The first-order chi connectivity index (χ1) is 12.6. The molecule has 26 heavy (non-hydrogen) atoms. The highest BCUT2D eigenvalue weighted by molar-refractivity contribution is 7.80. The van der Waals surface area contributed by atoms with E-state index < -0.39 is 0 Å². The largest absolute Gasteiger partial charge is 0.379 e. The average molecular weight is 390 g/mol. The van der Waals surface area contributed by atoms with Crippen molar-refractivity contribution in [2.24, 2.45) is 0 Å². The Morgan fingerprint density at radius 2 is 1.85 bits per heavy atom. The zero-order chi connectivity index (χ0) is 18.4. The lowest BCUT2D eigenvalue weighted by atomic mass is 10.1. The molecule has 0 spiro atoms. The van der Waals surface area contributed by atoms with Crippen LogP contribution in [0.1, 0.15) is 16.7 Å². The SMILES string of the molecule is Cc1c(Cl)cccc1NC(=S)NCc1ccccc1CN1CCOCC1. The van der Waals surface area contributed by atoms with Gasteiger partial charge in [-0.3, -0.25) is 4.90 Å². The van der Waals surface area contributed by atoms with E-state index in [0.29, 0.717) is 11.7 Å². The van der Waals surface area contributed by atoms with Gasteiger partial charge in [0.05, 0.1) is 13.2 Å². The van der Waals surface area contributed by atoms with Crippen molar-refractivity contribution < 1.29 is 4.74 Å². The summed E-state index contributed by atoms with van der Waals surface area (Å²) in [6.07, 6.45) is 0. The maximum Gasteiger partial charge on any atom is 0.171 e. The molecule has 4 nitrogen and oxygen atoms in total. The fraction of sp³-hybridized carbons (Fsp3) is 0.350. The number of hydrogen-bond donors (Lipinski definition) is 2. The molecule has 0 atom stereocenters. The molecule has 1 aliphatic rings. The van der Waals surface area contributed by atoms with Crippen molar-refractivity contribution in [3.8, 4) is 0 Å². The Balaban J connectivity index is 1.58. The number of ether oxygens (including phenoxy) is 1. The van der Waals surface area contributed by atoms with Gasteiger partial charge in [-0.05, 0) is 48.0 Å². The molecule has 2 aromatic carbocycles. The Labute approximate surface area is 165 Å². The summed E-state index contributed by atoms with van der Waals surface area (Å²) in [5.74, 6) is 0. The zero-order valence-corrected chi connectivity index (χ0v) is 16.5. The molecule has 0 amide bonds. The minimum Gasteiger partial charge on any atom is -0.379 e. The Hall–Kier alpha value is -1.66. The third kappa shape index (κ3) is 5.17. The van der Waals surface area contributed by atoms with E-state index in [0.717, 1.165) is 49.1 Å². The summed E-state index contributed by atoms with van der Waals surface area (Å²) in [6, 6.07) is 14.3. The molecule has 6 heteroatoms. The number of benzene rings is 2. The van der Waals surface area contributed by atoms with Gasteiger partial charge in [-0.25, -0.2) is 0 Å². The fourth-order valence-electron chi connectivity index (χ4n) is 2.97. The molecule has 1 heterocycles. The van der Waals surface area contributed by atoms with Crippen molar-refractivity contribution in [3.05, 3.63) is 64.2 Å². The van der Waals surface area contributed by atoms with Gasteiger partial charge in [0.15, 0.2) is 5.11 Å². The molecule has 2 N–H and O–H groups in total. The van der Waals surface area contributed by atoms with E-state index in [1.54, 1.807) is 0 Å². The van der Waals surface area contributed by atoms with Gasteiger partial charge in [0.25, 0.3) is 0 Å². The molecular weight excluding hydrogens is 366 g/mol. The number of thiocarbonyl (C=S) groups is 1. The average Bonchev–Trinajstić information content (AvgIpc) is 2.66. The number of rotatable bonds is 5. The predicted molar refractivity (Wildman–Crippen MR) is 112 cm³/mol. The third-order valence-corrected chi connectivity index (χ3v) is 5.23. The summed E-state index contributed by atoms with van der Waals surface area (Å²) in [6.45, 7) is 7.19. The van der Waals surface area contributed by atoms with Crippen molar-refractivity contribution in [2.45, 2.75) is 20.0 Å². The predicted octanol–water partition coefficient (Wildman–Crippen LogP) is 3.97. The maximum absolute atomic E-state index is 6.17. The molecule has 0 saturated carbocycles. The minimum atomic E-state index is 0.594. The first-order valence-corrected chi connectivity index (χ1v) is 9.59. The zero-order valence-electron chi connectivity index (χ0n) is 14.9. The molecule has 2 aromatic rings. The van der Waals surface area contributed by atoms with Crippen molar-refractivity contribution >= 4 is 34.6 Å². The third-order valence-electron chi connectivity index (χ3n) is 4.57. The van der Waals surface area contributed by atoms with Gasteiger partial charge in [-0.2, -0.15) is 0 Å². The number of nitrogens with zero attached hydrogens (tertiary/aromatic N) is 1. The number of morpholine rings is 1. The summed E-state index contributed by atoms with van der Waals surface area (Å²) >= 11 is 11.6. The van der Waals surface area contributed by atoms with Crippen LogP contribution in [0.2, 0.25) is 5.02 Å². The van der Waals surface area contributed by atoms with Gasteiger partial charge in [-0.1, -0.05) is 41.9 Å². The molecule has 1 saturated heterocycles. The number of halogens is 1. The lowest BCUT2D eigenvalue weighted by Gasteiger charge is -2.27. The highest BCUT2D eigenvalue weighted by atomic mass is 35.5. The van der Waals surface area contributed by atoms with Crippen molar-refractivity contribution in [1.82, 2.24) is 10.2 Å². The number of anilines is 1. The summed E-state index contributed by atoms with van der Waals surface area (Å²) in [4.78, 5) is 2.42. The van der Waals surface area contributed by atoms with Crippen LogP contribution in [0, 0.1) is 6.92 Å². The second-order valence-corrected chi connectivity index (χ2v) is 7.19. The van der Waals surface area contributed by atoms with Crippen molar-refractivity contribution in [3.63, 3.8) is 0 Å². The Bertz CT molecular complexity index is 762. The van der Waals surface area contributed by atoms with E-state index in [4.69, 9.17) is 28.6 Å². The van der Waals surface area contributed by atoms with Crippen LogP contribution in [0.3, 0.4) is 0 Å². The van der Waals surface area contributed by atoms with E-state index in [1.165, 1.54) is 11.1 Å². The van der Waals surface area contributed by atoms with Gasteiger partial charge in [0.1, 0.15) is 0 Å². The molecule has 1 fully saturated rings. The fourth-order valence-corrected chi connectivity index (χ4v) is 3.33. The van der Waals surface area contributed by atoms with E-state index in [1.807, 2.05) is 25.1 Å². The monoisotopic (exact) mass is 389 g/mol. The Morgan fingerprint density at radius 1 is 1.12 bits per heavy atom. The number of nitrogens with one attached hydrogen (secondary N) is 2. The smallest absolute Gasteiger partial charge is 0.171 e. The van der Waals surface area contributed by atoms with Crippen LogP contribution >= 0.6 is 23.8 Å². The standard InChI is InChI=1S/C20H24ClN3OS/c1-15-18(21)7-4-8-19(15)23-20(26)22-13-16-5-2-3-6-17(16)14-24-9-11-25-12-10-24/h2-8H,9-14H2,1H3,(H2,22,23,26). The van der Waals surface area contributed by atoms with Crippen LogP contribution in [0.5, 0.6) is 0 Å². The first kappa shape index (κ1) is 19.1. The van der Waals surface area contributed by atoms with Gasteiger partial charge in [0.2, 0.25) is 0 Å². The highest BCUT2D eigenvalue weighted by Gasteiger charge is 2.13. The highest BCUT2D eigenvalue weighted by Crippen LogP contribution is 2.22. The molecule has 0 aromatic heterocycles. The number of hydrogen-bond acceptors (Lipinski definition) is 3. The second-order valence-electron chi connectivity index (χ2n) is 6.38. The Kier molecular flexibility index (Phi) is 6.86. The topological polar surface area (TPSA) is 36.5 Å². The summed E-state index contributed by atoms with van der Waals surface area (Å²) in [5, 5.41) is 7.86. The first-order valence-electron chi connectivity index (χ1n) is 8.80. The quantitative estimate of drug-likeness (QED) is 0.757. The Morgan fingerprint density at radius 3 is 2.62 bits per heavy atom. The van der Waals surface area contributed by atoms with Crippen molar-refractivity contribution in [2.75, 3.05) is 31.6 Å². The van der Waals surface area contributed by atoms with Crippen LogP contribution in [-0.2, 0) is 17.8 Å². The molecule has 1 aliphatic heterocycles.